The molecule has 0 aromatic carbocycles. The van der Waals surface area contributed by atoms with Crippen LogP contribution in [0, 0.1) is 0 Å². The number of nitrogens with zero attached hydrogens (tertiary/aromatic N) is 2. The summed E-state index contributed by atoms with van der Waals surface area (Å²) in [5.74, 6) is 1.05. The first-order valence-corrected chi connectivity index (χ1v) is 7.48. The summed E-state index contributed by atoms with van der Waals surface area (Å²) in [6.07, 6.45) is 0. The van der Waals surface area contributed by atoms with Crippen LogP contribution in [0.3, 0.4) is 0 Å². The van der Waals surface area contributed by atoms with E-state index in [9.17, 15) is 0 Å². The maximum Gasteiger partial charge on any atom is 0.0558 e. The Labute approximate surface area is 102 Å². The minimum Gasteiger partial charge on any atom is -0.395 e. The molecule has 1 aliphatic rings. The van der Waals surface area contributed by atoms with Gasteiger partial charge in [-0.3, -0.25) is 9.80 Å². The second-order valence-corrected chi connectivity index (χ2v) is 5.96. The molecule has 0 atom stereocenters. The molecular formula is C10H22N2OS2. The molecule has 0 aromatic rings. The molecular weight excluding hydrogens is 228 g/mol. The minimum absolute atomic E-state index is 0.234. The van der Waals surface area contributed by atoms with Gasteiger partial charge in [-0.25, -0.2) is 0 Å². The molecule has 0 bridgehead atoms. The van der Waals surface area contributed by atoms with E-state index in [1.807, 2.05) is 0 Å². The molecule has 3 nitrogen and oxygen atoms in total. The lowest BCUT2D eigenvalue weighted by atomic mass is 10.0. The molecule has 0 aromatic heterocycles. The summed E-state index contributed by atoms with van der Waals surface area (Å²) in [5, 5.41) is 8.86. The van der Waals surface area contributed by atoms with Gasteiger partial charge >= 0.3 is 0 Å². The molecule has 1 rings (SSSR count). The lowest BCUT2D eigenvalue weighted by molar-refractivity contribution is 0.0570. The van der Waals surface area contributed by atoms with Gasteiger partial charge in [-0.1, -0.05) is 10.8 Å². The van der Waals surface area contributed by atoms with Gasteiger partial charge in [0, 0.05) is 44.0 Å². The van der Waals surface area contributed by atoms with Crippen molar-refractivity contribution in [1.82, 2.24) is 9.80 Å². The molecule has 0 spiro atoms. The van der Waals surface area contributed by atoms with Crippen molar-refractivity contribution in [3.8, 4) is 0 Å². The quantitative estimate of drug-likeness (QED) is 0.561. The van der Waals surface area contributed by atoms with Gasteiger partial charge in [-0.2, -0.15) is 0 Å². The number of thiol groups is 1. The largest absolute Gasteiger partial charge is 0.395 e. The van der Waals surface area contributed by atoms with Gasteiger partial charge in [0.15, 0.2) is 0 Å². The smallest absolute Gasteiger partial charge is 0.0558 e. The first kappa shape index (κ1) is 13.6. The molecule has 0 saturated carbocycles. The number of rotatable bonds is 5. The van der Waals surface area contributed by atoms with Crippen LogP contribution in [0.2, 0.25) is 0 Å². The standard InChI is InChI=1S/C10H22N2OS2/c1-10(2,9-15-14)12-5-3-11(4-6-12)7-8-13/h13-14H,3-9H2,1-2H3. The van der Waals surface area contributed by atoms with Crippen LogP contribution in [-0.4, -0.2) is 65.5 Å². The topological polar surface area (TPSA) is 26.7 Å². The van der Waals surface area contributed by atoms with Crippen LogP contribution < -0.4 is 0 Å². The highest BCUT2D eigenvalue weighted by atomic mass is 33.1. The molecule has 0 amide bonds. The summed E-state index contributed by atoms with van der Waals surface area (Å²) in [6, 6.07) is 0. The molecule has 1 fully saturated rings. The van der Waals surface area contributed by atoms with Crippen molar-refractivity contribution >= 4 is 22.5 Å². The first-order chi connectivity index (χ1) is 7.10. The Hall–Kier alpha value is 0.580. The molecule has 0 unspecified atom stereocenters. The molecule has 90 valence electrons. The van der Waals surface area contributed by atoms with Crippen LogP contribution >= 0.6 is 22.5 Å². The summed E-state index contributed by atoms with van der Waals surface area (Å²) < 4.78 is 0. The van der Waals surface area contributed by atoms with Gasteiger partial charge in [-0.15, -0.1) is 11.7 Å². The van der Waals surface area contributed by atoms with Crippen molar-refractivity contribution in [3.05, 3.63) is 0 Å². The fourth-order valence-corrected chi connectivity index (χ4v) is 3.41. The lowest BCUT2D eigenvalue weighted by Gasteiger charge is -2.43. The van der Waals surface area contributed by atoms with E-state index < -0.39 is 0 Å². The molecule has 1 saturated heterocycles. The third-order valence-electron chi connectivity index (χ3n) is 3.06. The second kappa shape index (κ2) is 6.35. The van der Waals surface area contributed by atoms with Crippen LogP contribution in [0.4, 0.5) is 0 Å². The monoisotopic (exact) mass is 250 g/mol. The summed E-state index contributed by atoms with van der Waals surface area (Å²) in [7, 11) is 1.61. The fraction of sp³-hybridized carbons (Fsp3) is 1.00. The second-order valence-electron chi connectivity index (χ2n) is 4.64. The molecule has 5 heteroatoms. The predicted molar refractivity (Wildman–Crippen MR) is 70.6 cm³/mol. The average molecular weight is 250 g/mol. The Morgan fingerprint density at radius 1 is 1.27 bits per heavy atom. The Kier molecular flexibility index (Phi) is 5.77. The average Bonchev–Trinajstić information content (AvgIpc) is 2.19. The van der Waals surface area contributed by atoms with Gasteiger partial charge < -0.3 is 5.11 Å². The number of hydrogen-bond donors (Lipinski definition) is 2. The maximum absolute atomic E-state index is 8.86. The van der Waals surface area contributed by atoms with Crippen LogP contribution in [0.5, 0.6) is 0 Å². The molecule has 1 heterocycles. The van der Waals surface area contributed by atoms with E-state index >= 15 is 0 Å². The van der Waals surface area contributed by atoms with Gasteiger partial charge in [0.2, 0.25) is 0 Å². The van der Waals surface area contributed by atoms with E-state index in [1.165, 1.54) is 0 Å². The van der Waals surface area contributed by atoms with Crippen molar-refractivity contribution < 1.29 is 5.11 Å². The van der Waals surface area contributed by atoms with Crippen LogP contribution in [-0.2, 0) is 0 Å². The summed E-state index contributed by atoms with van der Waals surface area (Å²) in [6.45, 7) is 9.98. The van der Waals surface area contributed by atoms with Gasteiger partial charge in [-0.05, 0) is 13.8 Å². The Bertz CT molecular complexity index is 182. The molecule has 1 aliphatic heterocycles. The zero-order chi connectivity index (χ0) is 11.3. The predicted octanol–water partition coefficient (Wildman–Crippen LogP) is 0.953. The molecule has 15 heavy (non-hydrogen) atoms. The third kappa shape index (κ3) is 4.15. The van der Waals surface area contributed by atoms with Crippen molar-refractivity contribution in [2.24, 2.45) is 0 Å². The SMILES string of the molecule is CC(C)(CSS)N1CCN(CCO)CC1. The Balaban J connectivity index is 2.36. The minimum atomic E-state index is 0.234. The van der Waals surface area contributed by atoms with E-state index in [2.05, 4.69) is 35.3 Å². The highest BCUT2D eigenvalue weighted by Gasteiger charge is 2.29. The number of hydrogen-bond acceptors (Lipinski definition) is 5. The normalized spacial score (nSPS) is 20.8. The van der Waals surface area contributed by atoms with Gasteiger partial charge in [0.25, 0.3) is 0 Å². The summed E-state index contributed by atoms with van der Waals surface area (Å²) in [4.78, 5) is 4.84. The Morgan fingerprint density at radius 2 is 1.87 bits per heavy atom. The van der Waals surface area contributed by atoms with Gasteiger partial charge in [0.05, 0.1) is 6.61 Å². The van der Waals surface area contributed by atoms with Crippen molar-refractivity contribution in [2.75, 3.05) is 45.1 Å². The number of aliphatic hydroxyl groups excluding tert-OH is 1. The third-order valence-corrected chi connectivity index (χ3v) is 4.29. The number of piperazine rings is 1. The van der Waals surface area contributed by atoms with Crippen molar-refractivity contribution in [3.63, 3.8) is 0 Å². The van der Waals surface area contributed by atoms with Crippen LogP contribution in [0.15, 0.2) is 0 Å². The zero-order valence-electron chi connectivity index (χ0n) is 9.65. The van der Waals surface area contributed by atoms with E-state index in [0.29, 0.717) is 0 Å². The first-order valence-electron chi connectivity index (χ1n) is 5.45. The zero-order valence-corrected chi connectivity index (χ0v) is 11.4. The van der Waals surface area contributed by atoms with E-state index in [4.69, 9.17) is 5.11 Å². The van der Waals surface area contributed by atoms with E-state index in [1.54, 1.807) is 10.8 Å². The van der Waals surface area contributed by atoms with E-state index in [0.717, 1.165) is 38.5 Å². The Morgan fingerprint density at radius 3 is 2.33 bits per heavy atom. The highest BCUT2D eigenvalue weighted by molar-refractivity contribution is 8.68. The fourth-order valence-electron chi connectivity index (χ4n) is 1.97. The summed E-state index contributed by atoms with van der Waals surface area (Å²) >= 11 is 4.23. The van der Waals surface area contributed by atoms with Crippen LogP contribution in [0.25, 0.3) is 0 Å². The summed E-state index contributed by atoms with van der Waals surface area (Å²) in [5.41, 5.74) is 0.234. The molecule has 0 aliphatic carbocycles. The molecule has 1 N–H and O–H groups in total. The maximum atomic E-state index is 8.86. The van der Waals surface area contributed by atoms with Crippen LogP contribution in [0.1, 0.15) is 13.8 Å². The lowest BCUT2D eigenvalue weighted by Crippen LogP contribution is -2.55. The number of β-amino-alcohol motifs (C(OH)–C–C–N with tert-alkyl or cyclic N) is 1. The van der Waals surface area contributed by atoms with Crippen molar-refractivity contribution in [2.45, 2.75) is 19.4 Å². The number of aliphatic hydroxyl groups is 1. The van der Waals surface area contributed by atoms with Gasteiger partial charge in [0.1, 0.15) is 0 Å². The van der Waals surface area contributed by atoms with E-state index in [-0.39, 0.29) is 12.1 Å². The highest BCUT2D eigenvalue weighted by Crippen LogP contribution is 2.23. The van der Waals surface area contributed by atoms with Crippen molar-refractivity contribution in [1.29, 1.82) is 0 Å². The molecule has 0 radical (unpaired) electrons.